The Morgan fingerprint density at radius 2 is 2.20 bits per heavy atom. The summed E-state index contributed by atoms with van der Waals surface area (Å²) >= 11 is 0. The first kappa shape index (κ1) is 11.9. The van der Waals surface area contributed by atoms with E-state index in [1.165, 1.54) is 12.1 Å². The molecule has 1 aromatic carbocycles. The van der Waals surface area contributed by atoms with Gasteiger partial charge in [-0.15, -0.1) is 0 Å². The highest BCUT2D eigenvalue weighted by Crippen LogP contribution is 2.18. The maximum Gasteiger partial charge on any atom is 0.139 e. The van der Waals surface area contributed by atoms with Crippen molar-refractivity contribution in [2.24, 2.45) is 0 Å². The number of hydrogen-bond donors (Lipinski definition) is 0. The summed E-state index contributed by atoms with van der Waals surface area (Å²) in [6.45, 7) is 1.85. The molecule has 0 N–H and O–H groups in total. The van der Waals surface area contributed by atoms with Gasteiger partial charge < -0.3 is 0 Å². The standard InChI is InChI=1S/C11H12FNOS/c1-2-9(7-8-13)15(14)11-6-4-3-5-10(11)12/h3-6,9H,2,7H2,1H3. The Balaban J connectivity index is 2.94. The fourth-order valence-electron chi connectivity index (χ4n) is 1.26. The van der Waals surface area contributed by atoms with Crippen molar-refractivity contribution in [2.45, 2.75) is 29.9 Å². The molecular weight excluding hydrogens is 213 g/mol. The Morgan fingerprint density at radius 1 is 1.53 bits per heavy atom. The molecule has 0 saturated heterocycles. The SMILES string of the molecule is CCC(CC#N)S(=O)c1ccccc1F. The fourth-order valence-corrected chi connectivity index (χ4v) is 2.62. The maximum absolute atomic E-state index is 13.3. The molecule has 1 rings (SSSR count). The van der Waals surface area contributed by atoms with Crippen LogP contribution in [0.1, 0.15) is 19.8 Å². The zero-order valence-electron chi connectivity index (χ0n) is 8.44. The van der Waals surface area contributed by atoms with Gasteiger partial charge in [-0.3, -0.25) is 4.21 Å². The predicted molar refractivity (Wildman–Crippen MR) is 57.1 cm³/mol. The molecule has 0 bridgehead atoms. The van der Waals surface area contributed by atoms with E-state index >= 15 is 0 Å². The van der Waals surface area contributed by atoms with Crippen LogP contribution in [0.15, 0.2) is 29.2 Å². The van der Waals surface area contributed by atoms with Crippen molar-refractivity contribution in [3.05, 3.63) is 30.1 Å². The van der Waals surface area contributed by atoms with Gasteiger partial charge in [-0.25, -0.2) is 4.39 Å². The van der Waals surface area contributed by atoms with Crippen molar-refractivity contribution in [3.63, 3.8) is 0 Å². The van der Waals surface area contributed by atoms with Crippen LogP contribution in [0.25, 0.3) is 0 Å². The minimum atomic E-state index is -1.43. The quantitative estimate of drug-likeness (QED) is 0.790. The van der Waals surface area contributed by atoms with Crippen LogP contribution >= 0.6 is 0 Å². The van der Waals surface area contributed by atoms with E-state index in [4.69, 9.17) is 5.26 Å². The Hall–Kier alpha value is -1.21. The molecule has 4 heteroatoms. The first-order valence-corrected chi connectivity index (χ1v) is 5.94. The molecule has 0 spiro atoms. The summed E-state index contributed by atoms with van der Waals surface area (Å²) in [6.07, 6.45) is 0.798. The third-order valence-corrected chi connectivity index (χ3v) is 4.00. The van der Waals surface area contributed by atoms with Crippen LogP contribution in [-0.2, 0) is 10.8 Å². The topological polar surface area (TPSA) is 40.9 Å². The summed E-state index contributed by atoms with van der Waals surface area (Å²) in [7, 11) is -1.43. The van der Waals surface area contributed by atoms with Gasteiger partial charge in [-0.2, -0.15) is 5.26 Å². The molecule has 0 heterocycles. The van der Waals surface area contributed by atoms with Gasteiger partial charge in [0, 0.05) is 6.42 Å². The van der Waals surface area contributed by atoms with E-state index in [1.54, 1.807) is 12.1 Å². The van der Waals surface area contributed by atoms with E-state index in [-0.39, 0.29) is 16.6 Å². The second-order valence-corrected chi connectivity index (χ2v) is 4.82. The normalized spacial score (nSPS) is 14.2. The molecule has 2 nitrogen and oxygen atoms in total. The molecule has 15 heavy (non-hydrogen) atoms. The van der Waals surface area contributed by atoms with Crippen molar-refractivity contribution < 1.29 is 8.60 Å². The molecular formula is C11H12FNOS. The van der Waals surface area contributed by atoms with Gasteiger partial charge in [-0.1, -0.05) is 19.1 Å². The van der Waals surface area contributed by atoms with Gasteiger partial charge in [0.05, 0.1) is 27.0 Å². The zero-order valence-corrected chi connectivity index (χ0v) is 9.26. The second-order valence-electron chi connectivity index (χ2n) is 3.12. The molecule has 0 radical (unpaired) electrons. The van der Waals surface area contributed by atoms with Crippen molar-refractivity contribution in [1.82, 2.24) is 0 Å². The summed E-state index contributed by atoms with van der Waals surface area (Å²) < 4.78 is 25.2. The molecule has 1 aromatic rings. The zero-order chi connectivity index (χ0) is 11.3. The summed E-state index contributed by atoms with van der Waals surface area (Å²) in [5.74, 6) is -0.466. The molecule has 0 fully saturated rings. The van der Waals surface area contributed by atoms with Crippen LogP contribution in [0.2, 0.25) is 0 Å². The molecule has 2 unspecified atom stereocenters. The van der Waals surface area contributed by atoms with E-state index in [9.17, 15) is 8.60 Å². The van der Waals surface area contributed by atoms with Gasteiger partial charge in [0.25, 0.3) is 0 Å². The van der Waals surface area contributed by atoms with Crippen molar-refractivity contribution in [1.29, 1.82) is 5.26 Å². The minimum absolute atomic E-state index is 0.192. The summed E-state index contributed by atoms with van der Waals surface area (Å²) in [4.78, 5) is 0.194. The fraction of sp³-hybridized carbons (Fsp3) is 0.364. The number of halogens is 1. The number of hydrogen-bond acceptors (Lipinski definition) is 2. The van der Waals surface area contributed by atoms with Crippen LogP contribution in [-0.4, -0.2) is 9.46 Å². The van der Waals surface area contributed by atoms with Gasteiger partial charge in [0.2, 0.25) is 0 Å². The number of nitriles is 1. The van der Waals surface area contributed by atoms with Crippen molar-refractivity contribution in [3.8, 4) is 6.07 Å². The highest BCUT2D eigenvalue weighted by Gasteiger charge is 2.18. The molecule has 0 aliphatic rings. The highest BCUT2D eigenvalue weighted by atomic mass is 32.2. The lowest BCUT2D eigenvalue weighted by atomic mass is 10.3. The van der Waals surface area contributed by atoms with Gasteiger partial charge >= 0.3 is 0 Å². The Labute approximate surface area is 91.2 Å². The minimum Gasteiger partial charge on any atom is -0.254 e. The van der Waals surface area contributed by atoms with E-state index in [0.29, 0.717) is 6.42 Å². The second kappa shape index (κ2) is 5.62. The summed E-state index contributed by atoms with van der Waals surface area (Å²) in [6, 6.07) is 7.97. The summed E-state index contributed by atoms with van der Waals surface area (Å²) in [5, 5.41) is 8.27. The van der Waals surface area contributed by atoms with Crippen LogP contribution in [0.5, 0.6) is 0 Å². The molecule has 0 aromatic heterocycles. The Kier molecular flexibility index (Phi) is 4.44. The molecule has 0 saturated carbocycles. The average Bonchev–Trinajstić information content (AvgIpc) is 2.25. The first-order chi connectivity index (χ1) is 7.20. The largest absolute Gasteiger partial charge is 0.254 e. The van der Waals surface area contributed by atoms with Gasteiger partial charge in [0.1, 0.15) is 5.82 Å². The number of nitrogens with zero attached hydrogens (tertiary/aromatic N) is 1. The smallest absolute Gasteiger partial charge is 0.139 e. The van der Waals surface area contributed by atoms with Crippen LogP contribution in [0, 0.1) is 17.1 Å². The lowest BCUT2D eigenvalue weighted by Gasteiger charge is -2.11. The van der Waals surface area contributed by atoms with Crippen LogP contribution in [0.3, 0.4) is 0 Å². The highest BCUT2D eigenvalue weighted by molar-refractivity contribution is 7.85. The number of rotatable bonds is 4. The van der Waals surface area contributed by atoms with Gasteiger partial charge in [-0.05, 0) is 18.6 Å². The lowest BCUT2D eigenvalue weighted by Crippen LogP contribution is -2.14. The molecule has 0 amide bonds. The van der Waals surface area contributed by atoms with E-state index in [2.05, 4.69) is 0 Å². The predicted octanol–water partition coefficient (Wildman–Crippen LogP) is 2.63. The summed E-state index contributed by atoms with van der Waals surface area (Å²) in [5.41, 5.74) is 0. The maximum atomic E-state index is 13.3. The number of benzene rings is 1. The third kappa shape index (κ3) is 2.87. The van der Waals surface area contributed by atoms with Crippen molar-refractivity contribution >= 4 is 10.8 Å². The Bertz CT molecular complexity index is 400. The van der Waals surface area contributed by atoms with E-state index < -0.39 is 16.6 Å². The van der Waals surface area contributed by atoms with Crippen LogP contribution < -0.4 is 0 Å². The first-order valence-electron chi connectivity index (χ1n) is 4.72. The van der Waals surface area contributed by atoms with E-state index in [0.717, 1.165) is 0 Å². The molecule has 0 aliphatic carbocycles. The molecule has 0 aliphatic heterocycles. The van der Waals surface area contributed by atoms with Crippen LogP contribution in [0.4, 0.5) is 4.39 Å². The monoisotopic (exact) mass is 225 g/mol. The average molecular weight is 225 g/mol. The van der Waals surface area contributed by atoms with Crippen molar-refractivity contribution in [2.75, 3.05) is 0 Å². The third-order valence-electron chi connectivity index (χ3n) is 2.13. The van der Waals surface area contributed by atoms with E-state index in [1.807, 2.05) is 13.0 Å². The lowest BCUT2D eigenvalue weighted by molar-refractivity contribution is 0.592. The molecule has 2 atom stereocenters. The Morgan fingerprint density at radius 3 is 2.73 bits per heavy atom. The molecule has 80 valence electrons. The van der Waals surface area contributed by atoms with Gasteiger partial charge in [0.15, 0.2) is 0 Å².